The van der Waals surface area contributed by atoms with Crippen molar-refractivity contribution in [3.8, 4) is 0 Å². The Morgan fingerprint density at radius 1 is 1.57 bits per heavy atom. The van der Waals surface area contributed by atoms with E-state index in [1.54, 1.807) is 0 Å². The number of hydrogen-bond acceptors (Lipinski definition) is 2. The standard InChI is InChI=1S/C10H17BrN2O/c1-4-8(6-14)5-9-10(11)7(2)12-13(9)3/h8,14H,4-6H2,1-3H3. The molecule has 0 fully saturated rings. The molecule has 1 N–H and O–H groups in total. The van der Waals surface area contributed by atoms with Crippen LogP contribution in [0.5, 0.6) is 0 Å². The number of hydrogen-bond donors (Lipinski definition) is 1. The van der Waals surface area contributed by atoms with E-state index in [0.717, 1.165) is 23.0 Å². The van der Waals surface area contributed by atoms with Crippen LogP contribution in [-0.4, -0.2) is 21.5 Å². The van der Waals surface area contributed by atoms with Gasteiger partial charge in [-0.15, -0.1) is 0 Å². The first kappa shape index (κ1) is 11.7. The van der Waals surface area contributed by atoms with Crippen molar-refractivity contribution < 1.29 is 5.11 Å². The van der Waals surface area contributed by atoms with Crippen molar-refractivity contribution in [1.82, 2.24) is 9.78 Å². The topological polar surface area (TPSA) is 38.1 Å². The summed E-state index contributed by atoms with van der Waals surface area (Å²) < 4.78 is 2.96. The Morgan fingerprint density at radius 2 is 2.21 bits per heavy atom. The minimum Gasteiger partial charge on any atom is -0.396 e. The zero-order valence-corrected chi connectivity index (χ0v) is 10.5. The van der Waals surface area contributed by atoms with Gasteiger partial charge in [0, 0.05) is 13.7 Å². The zero-order valence-electron chi connectivity index (χ0n) is 8.92. The number of nitrogens with zero attached hydrogens (tertiary/aromatic N) is 2. The third-order valence-electron chi connectivity index (χ3n) is 2.58. The maximum atomic E-state index is 9.13. The monoisotopic (exact) mass is 260 g/mol. The lowest BCUT2D eigenvalue weighted by Gasteiger charge is -2.11. The molecule has 1 aromatic rings. The van der Waals surface area contributed by atoms with E-state index in [0.29, 0.717) is 5.92 Å². The molecule has 0 aliphatic rings. The van der Waals surface area contributed by atoms with Gasteiger partial charge in [0.25, 0.3) is 0 Å². The second-order valence-corrected chi connectivity index (χ2v) is 4.42. The molecule has 0 spiro atoms. The van der Waals surface area contributed by atoms with Crippen LogP contribution in [-0.2, 0) is 13.5 Å². The first-order valence-corrected chi connectivity index (χ1v) is 5.68. The molecule has 14 heavy (non-hydrogen) atoms. The molecule has 1 heterocycles. The number of aromatic nitrogens is 2. The molecule has 0 saturated heterocycles. The summed E-state index contributed by atoms with van der Waals surface area (Å²) in [6.07, 6.45) is 1.87. The van der Waals surface area contributed by atoms with E-state index in [1.807, 2.05) is 18.7 Å². The van der Waals surface area contributed by atoms with Crippen molar-refractivity contribution in [2.45, 2.75) is 26.7 Å². The normalized spacial score (nSPS) is 13.2. The summed E-state index contributed by atoms with van der Waals surface area (Å²) in [7, 11) is 1.94. The first-order chi connectivity index (χ1) is 6.60. The van der Waals surface area contributed by atoms with E-state index in [1.165, 1.54) is 5.69 Å². The average molecular weight is 261 g/mol. The number of halogens is 1. The molecule has 0 radical (unpaired) electrons. The molecule has 0 aromatic carbocycles. The molecule has 0 amide bonds. The largest absolute Gasteiger partial charge is 0.396 e. The number of aliphatic hydroxyl groups excluding tert-OH is 1. The van der Waals surface area contributed by atoms with Crippen LogP contribution < -0.4 is 0 Å². The van der Waals surface area contributed by atoms with Crippen molar-refractivity contribution in [3.63, 3.8) is 0 Å². The first-order valence-electron chi connectivity index (χ1n) is 4.89. The molecular formula is C10H17BrN2O. The average Bonchev–Trinajstić information content (AvgIpc) is 2.40. The predicted octanol–water partition coefficient (Wildman–Crippen LogP) is 2.05. The molecule has 1 unspecified atom stereocenters. The van der Waals surface area contributed by atoms with Crippen molar-refractivity contribution >= 4 is 15.9 Å². The van der Waals surface area contributed by atoms with E-state index in [4.69, 9.17) is 5.11 Å². The number of rotatable bonds is 4. The van der Waals surface area contributed by atoms with E-state index in [-0.39, 0.29) is 6.61 Å². The minimum atomic E-state index is 0.243. The Balaban J connectivity index is 2.84. The fraction of sp³-hybridized carbons (Fsp3) is 0.700. The molecule has 3 nitrogen and oxygen atoms in total. The smallest absolute Gasteiger partial charge is 0.0738 e. The lowest BCUT2D eigenvalue weighted by atomic mass is 10.0. The van der Waals surface area contributed by atoms with Gasteiger partial charge in [0.05, 0.1) is 15.9 Å². The summed E-state index contributed by atoms with van der Waals surface area (Å²) in [6.45, 7) is 4.32. The lowest BCUT2D eigenvalue weighted by Crippen LogP contribution is -2.11. The highest BCUT2D eigenvalue weighted by Crippen LogP contribution is 2.23. The summed E-state index contributed by atoms with van der Waals surface area (Å²) in [5.41, 5.74) is 2.18. The van der Waals surface area contributed by atoms with Crippen LogP contribution in [0.3, 0.4) is 0 Å². The van der Waals surface area contributed by atoms with Crippen molar-refractivity contribution in [2.75, 3.05) is 6.61 Å². The Morgan fingerprint density at radius 3 is 2.57 bits per heavy atom. The Kier molecular flexibility index (Phi) is 4.13. The van der Waals surface area contributed by atoms with Crippen molar-refractivity contribution in [2.24, 2.45) is 13.0 Å². The van der Waals surface area contributed by atoms with E-state index < -0.39 is 0 Å². The van der Waals surface area contributed by atoms with Gasteiger partial charge in [-0.25, -0.2) is 0 Å². The van der Waals surface area contributed by atoms with Gasteiger partial charge in [-0.1, -0.05) is 13.3 Å². The highest BCUT2D eigenvalue weighted by molar-refractivity contribution is 9.10. The van der Waals surface area contributed by atoms with Gasteiger partial charge in [-0.3, -0.25) is 4.68 Å². The fourth-order valence-corrected chi connectivity index (χ4v) is 2.01. The molecule has 0 aliphatic carbocycles. The van der Waals surface area contributed by atoms with Crippen molar-refractivity contribution in [3.05, 3.63) is 15.9 Å². The summed E-state index contributed by atoms with van der Waals surface area (Å²) >= 11 is 3.52. The molecule has 1 rings (SSSR count). The summed E-state index contributed by atoms with van der Waals surface area (Å²) in [5.74, 6) is 0.334. The van der Waals surface area contributed by atoms with Crippen LogP contribution in [0, 0.1) is 12.8 Å². The third-order valence-corrected chi connectivity index (χ3v) is 3.61. The summed E-state index contributed by atoms with van der Waals surface area (Å²) in [5, 5.41) is 13.5. The highest BCUT2D eigenvalue weighted by Gasteiger charge is 2.14. The molecule has 1 atom stereocenters. The van der Waals surface area contributed by atoms with Crippen LogP contribution in [0.4, 0.5) is 0 Å². The molecule has 0 bridgehead atoms. The number of aryl methyl sites for hydroxylation is 2. The van der Waals surface area contributed by atoms with Gasteiger partial charge in [-0.2, -0.15) is 5.10 Å². The molecule has 80 valence electrons. The maximum Gasteiger partial charge on any atom is 0.0738 e. The second kappa shape index (κ2) is 4.94. The lowest BCUT2D eigenvalue weighted by molar-refractivity contribution is 0.220. The van der Waals surface area contributed by atoms with Crippen LogP contribution in [0.25, 0.3) is 0 Å². The van der Waals surface area contributed by atoms with Crippen molar-refractivity contribution in [1.29, 1.82) is 0 Å². The Hall–Kier alpha value is -0.350. The van der Waals surface area contributed by atoms with Crippen LogP contribution in [0.15, 0.2) is 4.47 Å². The van der Waals surface area contributed by atoms with Crippen LogP contribution >= 0.6 is 15.9 Å². The quantitative estimate of drug-likeness (QED) is 0.900. The second-order valence-electron chi connectivity index (χ2n) is 3.63. The zero-order chi connectivity index (χ0) is 10.7. The fourth-order valence-electron chi connectivity index (χ4n) is 1.51. The number of aliphatic hydroxyl groups is 1. The van der Waals surface area contributed by atoms with E-state index in [2.05, 4.69) is 28.0 Å². The molecule has 0 aliphatic heterocycles. The SMILES string of the molecule is CCC(CO)Cc1c(Br)c(C)nn1C. The predicted molar refractivity (Wildman–Crippen MR) is 60.2 cm³/mol. The van der Waals surface area contributed by atoms with Crippen LogP contribution in [0.2, 0.25) is 0 Å². The van der Waals surface area contributed by atoms with Gasteiger partial charge in [0.1, 0.15) is 0 Å². The summed E-state index contributed by atoms with van der Waals surface area (Å²) in [4.78, 5) is 0. The van der Waals surface area contributed by atoms with E-state index >= 15 is 0 Å². The van der Waals surface area contributed by atoms with Crippen LogP contribution in [0.1, 0.15) is 24.7 Å². The highest BCUT2D eigenvalue weighted by atomic mass is 79.9. The summed E-state index contributed by atoms with van der Waals surface area (Å²) in [6, 6.07) is 0. The van der Waals surface area contributed by atoms with Gasteiger partial charge in [0.2, 0.25) is 0 Å². The molecule has 1 aromatic heterocycles. The molecule has 4 heteroatoms. The Labute approximate surface area is 93.3 Å². The van der Waals surface area contributed by atoms with E-state index in [9.17, 15) is 0 Å². The van der Waals surface area contributed by atoms with Gasteiger partial charge in [0.15, 0.2) is 0 Å². The third kappa shape index (κ3) is 2.36. The van der Waals surface area contributed by atoms with Gasteiger partial charge >= 0.3 is 0 Å². The Bertz CT molecular complexity index is 305. The molecule has 0 saturated carbocycles. The maximum absolute atomic E-state index is 9.13. The van der Waals surface area contributed by atoms with Gasteiger partial charge < -0.3 is 5.11 Å². The van der Waals surface area contributed by atoms with Gasteiger partial charge in [-0.05, 0) is 35.2 Å². The minimum absolute atomic E-state index is 0.243. The molecular weight excluding hydrogens is 244 g/mol.